The van der Waals surface area contributed by atoms with Crippen LogP contribution < -0.4 is 9.47 Å². The second-order valence-corrected chi connectivity index (χ2v) is 5.80. The largest absolute Gasteiger partial charge is 0.502 e. The zero-order valence-corrected chi connectivity index (χ0v) is 14.2. The van der Waals surface area contributed by atoms with Crippen LogP contribution in [0.2, 0.25) is 0 Å². The molecule has 0 radical (unpaired) electrons. The van der Waals surface area contributed by atoms with Gasteiger partial charge in [-0.3, -0.25) is 0 Å². The van der Waals surface area contributed by atoms with E-state index in [1.165, 1.54) is 14.2 Å². The van der Waals surface area contributed by atoms with Gasteiger partial charge in [-0.2, -0.15) is 0 Å². The third-order valence-corrected chi connectivity index (χ3v) is 4.01. The molecular weight excluding hydrogens is 360 g/mol. The lowest BCUT2D eigenvalue weighted by Crippen LogP contribution is -1.91. The van der Waals surface area contributed by atoms with E-state index in [0.29, 0.717) is 17.3 Å². The fraction of sp³-hybridized carbons (Fsp3) is 0.118. The molecule has 2 aromatic carbocycles. The van der Waals surface area contributed by atoms with Crippen molar-refractivity contribution in [2.75, 3.05) is 14.2 Å². The molecule has 0 bridgehead atoms. The molecule has 0 saturated carbocycles. The number of phenols is 1. The van der Waals surface area contributed by atoms with Crippen LogP contribution in [-0.2, 0) is 0 Å². The third-order valence-electron chi connectivity index (χ3n) is 3.48. The first-order valence-electron chi connectivity index (χ1n) is 6.88. The third kappa shape index (κ3) is 3.03. The minimum absolute atomic E-state index is 0.0292. The second kappa shape index (κ2) is 6.34. The van der Waals surface area contributed by atoms with Gasteiger partial charge in [0.05, 0.1) is 26.1 Å². The van der Waals surface area contributed by atoms with Crippen molar-refractivity contribution in [3.05, 3.63) is 47.1 Å². The summed E-state index contributed by atoms with van der Waals surface area (Å²) in [6, 6.07) is 11.4. The van der Waals surface area contributed by atoms with Crippen LogP contribution in [0.15, 0.2) is 47.1 Å². The van der Waals surface area contributed by atoms with Crippen LogP contribution >= 0.6 is 15.9 Å². The Labute approximate surface area is 142 Å². The molecule has 23 heavy (non-hydrogen) atoms. The zero-order chi connectivity index (χ0) is 16.4. The monoisotopic (exact) mass is 374 g/mol. The molecule has 0 aliphatic rings. The van der Waals surface area contributed by atoms with E-state index in [1.54, 1.807) is 18.3 Å². The Hall–Kier alpha value is -2.47. The zero-order valence-electron chi connectivity index (χ0n) is 12.6. The number of aromatic amines is 1. The molecular formula is C17H15BrN2O3. The summed E-state index contributed by atoms with van der Waals surface area (Å²) in [6.45, 7) is 0. The van der Waals surface area contributed by atoms with Gasteiger partial charge < -0.3 is 19.6 Å². The van der Waals surface area contributed by atoms with Gasteiger partial charge in [0, 0.05) is 10.0 Å². The number of hydrogen-bond donors (Lipinski definition) is 2. The molecule has 0 fully saturated rings. The van der Waals surface area contributed by atoms with Crippen molar-refractivity contribution in [2.24, 2.45) is 0 Å². The van der Waals surface area contributed by atoms with Gasteiger partial charge in [-0.15, -0.1) is 0 Å². The number of imidazole rings is 1. The highest BCUT2D eigenvalue weighted by Gasteiger charge is 2.14. The van der Waals surface area contributed by atoms with Gasteiger partial charge in [0.2, 0.25) is 5.75 Å². The lowest BCUT2D eigenvalue weighted by molar-refractivity contribution is 0.340. The van der Waals surface area contributed by atoms with Crippen LogP contribution in [0.5, 0.6) is 17.2 Å². The molecule has 1 aromatic heterocycles. The summed E-state index contributed by atoms with van der Waals surface area (Å²) in [5, 5.41) is 9.98. The number of ether oxygens (including phenoxy) is 2. The molecule has 0 saturated heterocycles. The summed E-state index contributed by atoms with van der Waals surface area (Å²) in [4.78, 5) is 7.67. The van der Waals surface area contributed by atoms with E-state index >= 15 is 0 Å². The second-order valence-electron chi connectivity index (χ2n) is 4.88. The average molecular weight is 375 g/mol. The Morgan fingerprint density at radius 2 is 1.61 bits per heavy atom. The van der Waals surface area contributed by atoms with Crippen molar-refractivity contribution in [3.8, 4) is 39.9 Å². The maximum absolute atomic E-state index is 9.98. The van der Waals surface area contributed by atoms with Crippen LogP contribution in [0.4, 0.5) is 0 Å². The van der Waals surface area contributed by atoms with Gasteiger partial charge in [-0.05, 0) is 29.8 Å². The topological polar surface area (TPSA) is 67.4 Å². The molecule has 0 atom stereocenters. The summed E-state index contributed by atoms with van der Waals surface area (Å²) in [6.07, 6.45) is 1.77. The van der Waals surface area contributed by atoms with E-state index in [1.807, 2.05) is 24.3 Å². The molecule has 0 amide bonds. The minimum Gasteiger partial charge on any atom is -0.502 e. The Balaban J connectivity index is 2.01. The molecule has 118 valence electrons. The van der Waals surface area contributed by atoms with Gasteiger partial charge in [-0.25, -0.2) is 4.98 Å². The van der Waals surface area contributed by atoms with Crippen molar-refractivity contribution in [1.29, 1.82) is 0 Å². The summed E-state index contributed by atoms with van der Waals surface area (Å²) >= 11 is 3.42. The number of phenolic OH excluding ortho intramolecular Hbond substituents is 1. The summed E-state index contributed by atoms with van der Waals surface area (Å²) in [7, 11) is 2.99. The van der Waals surface area contributed by atoms with Gasteiger partial charge in [0.25, 0.3) is 0 Å². The van der Waals surface area contributed by atoms with Crippen molar-refractivity contribution < 1.29 is 14.6 Å². The molecule has 0 aliphatic heterocycles. The Kier molecular flexibility index (Phi) is 4.25. The maximum Gasteiger partial charge on any atom is 0.200 e. The predicted octanol–water partition coefficient (Wildman–Crippen LogP) is 4.23. The highest BCUT2D eigenvalue weighted by molar-refractivity contribution is 9.10. The van der Waals surface area contributed by atoms with Crippen molar-refractivity contribution in [3.63, 3.8) is 0 Å². The Morgan fingerprint density at radius 1 is 1.00 bits per heavy atom. The van der Waals surface area contributed by atoms with Gasteiger partial charge in [-0.1, -0.05) is 28.1 Å². The van der Waals surface area contributed by atoms with Gasteiger partial charge >= 0.3 is 0 Å². The minimum atomic E-state index is -0.0292. The fourth-order valence-electron chi connectivity index (χ4n) is 2.27. The van der Waals surface area contributed by atoms with Crippen LogP contribution in [0, 0.1) is 0 Å². The van der Waals surface area contributed by atoms with Crippen molar-refractivity contribution in [1.82, 2.24) is 9.97 Å². The van der Waals surface area contributed by atoms with Crippen molar-refractivity contribution >= 4 is 15.9 Å². The number of benzene rings is 2. The van der Waals surface area contributed by atoms with Gasteiger partial charge in [0.1, 0.15) is 5.82 Å². The summed E-state index contributed by atoms with van der Waals surface area (Å²) < 4.78 is 11.4. The highest BCUT2D eigenvalue weighted by atomic mass is 79.9. The Morgan fingerprint density at radius 3 is 2.17 bits per heavy atom. The summed E-state index contributed by atoms with van der Waals surface area (Å²) in [5.74, 6) is 1.31. The van der Waals surface area contributed by atoms with E-state index in [2.05, 4.69) is 25.9 Å². The van der Waals surface area contributed by atoms with E-state index in [4.69, 9.17) is 9.47 Å². The number of H-pyrrole nitrogens is 1. The molecule has 3 aromatic rings. The predicted molar refractivity (Wildman–Crippen MR) is 91.9 cm³/mol. The van der Waals surface area contributed by atoms with E-state index < -0.39 is 0 Å². The van der Waals surface area contributed by atoms with E-state index in [-0.39, 0.29) is 5.75 Å². The molecule has 2 N–H and O–H groups in total. The normalized spacial score (nSPS) is 10.6. The van der Waals surface area contributed by atoms with Crippen molar-refractivity contribution in [2.45, 2.75) is 0 Å². The lowest BCUT2D eigenvalue weighted by Gasteiger charge is -2.10. The number of aromatic nitrogens is 2. The van der Waals surface area contributed by atoms with Gasteiger partial charge in [0.15, 0.2) is 11.5 Å². The number of rotatable bonds is 4. The molecule has 3 rings (SSSR count). The molecule has 0 unspecified atom stereocenters. The Bertz CT molecular complexity index is 803. The quantitative estimate of drug-likeness (QED) is 0.716. The maximum atomic E-state index is 9.98. The fourth-order valence-corrected chi connectivity index (χ4v) is 2.54. The van der Waals surface area contributed by atoms with Crippen LogP contribution in [0.25, 0.3) is 22.6 Å². The molecule has 6 heteroatoms. The molecule has 0 spiro atoms. The number of halogens is 1. The molecule has 5 nitrogen and oxygen atoms in total. The number of nitrogens with one attached hydrogen (secondary N) is 1. The first-order valence-corrected chi connectivity index (χ1v) is 7.68. The smallest absolute Gasteiger partial charge is 0.200 e. The van der Waals surface area contributed by atoms with E-state index in [0.717, 1.165) is 21.3 Å². The lowest BCUT2D eigenvalue weighted by atomic mass is 10.1. The molecule has 0 aliphatic carbocycles. The number of aromatic hydroxyl groups is 1. The summed E-state index contributed by atoms with van der Waals surface area (Å²) in [5.41, 5.74) is 2.70. The SMILES string of the molecule is COc1cc(-c2ncc(-c3ccc(Br)cc3)[nH]2)cc(OC)c1O. The standard InChI is InChI=1S/C17H15BrN2O3/c1-22-14-7-11(8-15(23-2)16(14)21)17-19-9-13(20-17)10-3-5-12(18)6-4-10/h3-9,21H,1-2H3,(H,19,20). The number of methoxy groups -OCH3 is 2. The number of nitrogens with zero attached hydrogens (tertiary/aromatic N) is 1. The van der Waals surface area contributed by atoms with Crippen LogP contribution in [-0.4, -0.2) is 29.3 Å². The first-order chi connectivity index (χ1) is 11.1. The highest BCUT2D eigenvalue weighted by Crippen LogP contribution is 2.39. The van der Waals surface area contributed by atoms with E-state index in [9.17, 15) is 5.11 Å². The first kappa shape index (κ1) is 15.4. The number of hydrogen-bond acceptors (Lipinski definition) is 4. The average Bonchev–Trinajstić information content (AvgIpc) is 3.05. The van der Waals surface area contributed by atoms with Crippen LogP contribution in [0.1, 0.15) is 0 Å². The van der Waals surface area contributed by atoms with Crippen LogP contribution in [0.3, 0.4) is 0 Å². The molecule has 1 heterocycles.